The van der Waals surface area contributed by atoms with E-state index in [1.165, 1.54) is 13.4 Å². The summed E-state index contributed by atoms with van der Waals surface area (Å²) in [5.74, 6) is -0.207. The molecule has 0 aromatic rings. The number of methoxy groups -OCH3 is 1. The third-order valence-corrected chi connectivity index (χ3v) is 3.59. The van der Waals surface area contributed by atoms with Gasteiger partial charge in [0.2, 0.25) is 10.0 Å². The van der Waals surface area contributed by atoms with Crippen LogP contribution in [0.15, 0.2) is 0 Å². The molecular formula is C10H20N2O4S. The number of hydrogen-bond donors (Lipinski definition) is 1. The van der Waals surface area contributed by atoms with Gasteiger partial charge in [-0.3, -0.25) is 4.79 Å². The molecule has 0 aromatic carbocycles. The number of nitrogens with zero attached hydrogens (tertiary/aromatic N) is 1. The van der Waals surface area contributed by atoms with Crippen molar-refractivity contribution in [3.8, 4) is 0 Å². The van der Waals surface area contributed by atoms with Crippen LogP contribution in [-0.4, -0.2) is 58.3 Å². The molecular weight excluding hydrogens is 244 g/mol. The van der Waals surface area contributed by atoms with Crippen molar-refractivity contribution in [3.63, 3.8) is 0 Å². The van der Waals surface area contributed by atoms with Crippen molar-refractivity contribution in [2.45, 2.75) is 25.3 Å². The monoisotopic (exact) mass is 264 g/mol. The molecule has 7 heteroatoms. The molecule has 0 unspecified atom stereocenters. The molecule has 100 valence electrons. The van der Waals surface area contributed by atoms with Gasteiger partial charge in [-0.15, -0.1) is 0 Å². The summed E-state index contributed by atoms with van der Waals surface area (Å²) in [5, 5.41) is 0. The van der Waals surface area contributed by atoms with Crippen molar-refractivity contribution in [2.24, 2.45) is 0 Å². The minimum atomic E-state index is -3.11. The minimum Gasteiger partial charge on any atom is -0.469 e. The number of likely N-dealkylation sites (tertiary alicyclic amines) is 1. The molecule has 0 aliphatic carbocycles. The normalized spacial score (nSPS) is 19.2. The molecule has 0 amide bonds. The zero-order valence-electron chi connectivity index (χ0n) is 10.3. The predicted octanol–water partition coefficient (Wildman–Crippen LogP) is -0.437. The largest absolute Gasteiger partial charge is 0.469 e. The third kappa shape index (κ3) is 5.99. The van der Waals surface area contributed by atoms with Gasteiger partial charge < -0.3 is 9.64 Å². The fourth-order valence-corrected chi connectivity index (χ4v) is 2.77. The highest BCUT2D eigenvalue weighted by Crippen LogP contribution is 2.11. The van der Waals surface area contributed by atoms with Gasteiger partial charge in [-0.1, -0.05) is 0 Å². The Hall–Kier alpha value is -0.660. The fourth-order valence-electron chi connectivity index (χ4n) is 1.93. The number of esters is 1. The summed E-state index contributed by atoms with van der Waals surface area (Å²) in [6.45, 7) is 2.30. The van der Waals surface area contributed by atoms with Crippen LogP contribution >= 0.6 is 0 Å². The van der Waals surface area contributed by atoms with Gasteiger partial charge in [-0.05, 0) is 25.9 Å². The number of nitrogens with one attached hydrogen (secondary N) is 1. The maximum atomic E-state index is 11.0. The van der Waals surface area contributed by atoms with Crippen LogP contribution in [0, 0.1) is 0 Å². The Bertz CT molecular complexity index is 347. The molecule has 1 fully saturated rings. The SMILES string of the molecule is COC(=O)CCN1CCC(NS(C)(=O)=O)CC1. The first-order valence-corrected chi connectivity index (χ1v) is 7.56. The van der Waals surface area contributed by atoms with Crippen LogP contribution < -0.4 is 4.72 Å². The molecule has 0 bridgehead atoms. The smallest absolute Gasteiger partial charge is 0.306 e. The second kappa shape index (κ2) is 6.32. The molecule has 1 aliphatic rings. The number of carbonyl (C=O) groups is 1. The number of piperidine rings is 1. The van der Waals surface area contributed by atoms with Crippen LogP contribution in [0.4, 0.5) is 0 Å². The zero-order valence-corrected chi connectivity index (χ0v) is 11.1. The summed E-state index contributed by atoms with van der Waals surface area (Å²) >= 11 is 0. The Morgan fingerprint density at radius 1 is 1.41 bits per heavy atom. The van der Waals surface area contributed by atoms with E-state index in [1.807, 2.05) is 0 Å². The lowest BCUT2D eigenvalue weighted by Gasteiger charge is -2.31. The number of hydrogen-bond acceptors (Lipinski definition) is 5. The highest BCUT2D eigenvalue weighted by atomic mass is 32.2. The van der Waals surface area contributed by atoms with E-state index in [9.17, 15) is 13.2 Å². The van der Waals surface area contributed by atoms with Crippen LogP contribution in [0.5, 0.6) is 0 Å². The van der Waals surface area contributed by atoms with E-state index < -0.39 is 10.0 Å². The van der Waals surface area contributed by atoms with Gasteiger partial charge in [0.25, 0.3) is 0 Å². The second-order valence-electron chi connectivity index (χ2n) is 4.33. The highest BCUT2D eigenvalue weighted by Gasteiger charge is 2.21. The molecule has 6 nitrogen and oxygen atoms in total. The summed E-state index contributed by atoms with van der Waals surface area (Å²) < 4.78 is 29.3. The number of carbonyl (C=O) groups excluding carboxylic acids is 1. The van der Waals surface area contributed by atoms with Crippen molar-refractivity contribution in [1.82, 2.24) is 9.62 Å². The molecule has 1 saturated heterocycles. The molecule has 0 atom stereocenters. The lowest BCUT2D eigenvalue weighted by molar-refractivity contribution is -0.141. The Morgan fingerprint density at radius 2 is 2.00 bits per heavy atom. The highest BCUT2D eigenvalue weighted by molar-refractivity contribution is 7.88. The predicted molar refractivity (Wildman–Crippen MR) is 64.1 cm³/mol. The first-order valence-electron chi connectivity index (χ1n) is 5.67. The van der Waals surface area contributed by atoms with E-state index in [4.69, 9.17) is 0 Å². The van der Waals surface area contributed by atoms with Gasteiger partial charge in [0.05, 0.1) is 19.8 Å². The molecule has 0 spiro atoms. The van der Waals surface area contributed by atoms with Gasteiger partial charge in [0.15, 0.2) is 0 Å². The van der Waals surface area contributed by atoms with Crippen molar-refractivity contribution in [3.05, 3.63) is 0 Å². The molecule has 0 saturated carbocycles. The Morgan fingerprint density at radius 3 is 2.47 bits per heavy atom. The van der Waals surface area contributed by atoms with E-state index >= 15 is 0 Å². The molecule has 17 heavy (non-hydrogen) atoms. The van der Waals surface area contributed by atoms with Crippen LogP contribution in [0.2, 0.25) is 0 Å². The van der Waals surface area contributed by atoms with Gasteiger partial charge in [-0.2, -0.15) is 0 Å². The summed E-state index contributed by atoms with van der Waals surface area (Å²) in [6.07, 6.45) is 3.14. The lowest BCUT2D eigenvalue weighted by atomic mass is 10.1. The van der Waals surface area contributed by atoms with Gasteiger partial charge in [-0.25, -0.2) is 13.1 Å². The summed E-state index contributed by atoms with van der Waals surface area (Å²) in [7, 11) is -1.73. The van der Waals surface area contributed by atoms with Crippen LogP contribution in [0.1, 0.15) is 19.3 Å². The Kier molecular flexibility index (Phi) is 5.35. The summed E-state index contributed by atoms with van der Waals surface area (Å²) in [5.41, 5.74) is 0. The molecule has 1 N–H and O–H groups in total. The maximum absolute atomic E-state index is 11.0. The van der Waals surface area contributed by atoms with Crippen molar-refractivity contribution in [1.29, 1.82) is 0 Å². The Balaban J connectivity index is 2.24. The fraction of sp³-hybridized carbons (Fsp3) is 0.900. The average Bonchev–Trinajstić information content (AvgIpc) is 2.25. The van der Waals surface area contributed by atoms with Crippen LogP contribution in [0.3, 0.4) is 0 Å². The first kappa shape index (κ1) is 14.4. The van der Waals surface area contributed by atoms with E-state index in [-0.39, 0.29) is 12.0 Å². The van der Waals surface area contributed by atoms with Gasteiger partial charge >= 0.3 is 5.97 Å². The second-order valence-corrected chi connectivity index (χ2v) is 6.11. The maximum Gasteiger partial charge on any atom is 0.306 e. The van der Waals surface area contributed by atoms with Crippen molar-refractivity contribution in [2.75, 3.05) is 33.0 Å². The third-order valence-electron chi connectivity index (χ3n) is 2.83. The van der Waals surface area contributed by atoms with Gasteiger partial charge in [0, 0.05) is 12.6 Å². The molecule has 1 rings (SSSR count). The van der Waals surface area contributed by atoms with Crippen LogP contribution in [-0.2, 0) is 19.6 Å². The van der Waals surface area contributed by atoms with Crippen molar-refractivity contribution >= 4 is 16.0 Å². The van der Waals surface area contributed by atoms with Gasteiger partial charge in [0.1, 0.15) is 0 Å². The number of sulfonamides is 1. The number of ether oxygens (including phenoxy) is 1. The van der Waals surface area contributed by atoms with E-state index in [2.05, 4.69) is 14.4 Å². The summed E-state index contributed by atoms with van der Waals surface area (Å²) in [4.78, 5) is 13.1. The molecule has 0 aromatic heterocycles. The molecule has 1 heterocycles. The van der Waals surface area contributed by atoms with Crippen molar-refractivity contribution < 1.29 is 17.9 Å². The average molecular weight is 264 g/mol. The molecule has 0 radical (unpaired) electrons. The topological polar surface area (TPSA) is 75.7 Å². The van der Waals surface area contributed by atoms with E-state index in [0.717, 1.165) is 25.9 Å². The van der Waals surface area contributed by atoms with Crippen LogP contribution in [0.25, 0.3) is 0 Å². The standard InChI is InChI=1S/C10H20N2O4S/c1-16-10(13)5-8-12-6-3-9(4-7-12)11-17(2,14)15/h9,11H,3-8H2,1-2H3. The quantitative estimate of drug-likeness (QED) is 0.682. The summed E-state index contributed by atoms with van der Waals surface area (Å²) in [6, 6.07) is 0.0272. The first-order chi connectivity index (χ1) is 7.90. The minimum absolute atomic E-state index is 0.0272. The molecule has 1 aliphatic heterocycles. The van der Waals surface area contributed by atoms with E-state index in [0.29, 0.717) is 13.0 Å². The zero-order chi connectivity index (χ0) is 12.9. The van der Waals surface area contributed by atoms with E-state index in [1.54, 1.807) is 0 Å². The lowest BCUT2D eigenvalue weighted by Crippen LogP contribution is -2.44. The number of rotatable bonds is 5. The Labute approximate surface area is 102 Å².